The Bertz CT molecular complexity index is 1870. The number of fused-ring (bicyclic) bond motifs is 9. The van der Waals surface area contributed by atoms with Crippen molar-refractivity contribution in [1.82, 2.24) is 0 Å². The van der Waals surface area contributed by atoms with Crippen molar-refractivity contribution in [3.63, 3.8) is 0 Å². The van der Waals surface area contributed by atoms with E-state index in [4.69, 9.17) is 0 Å². The Labute approximate surface area is 227 Å². The van der Waals surface area contributed by atoms with Gasteiger partial charge in [-0.25, -0.2) is 0 Å². The largest absolute Gasteiger partial charge is 0.508 e. The Hall–Kier alpha value is -4.82. The van der Waals surface area contributed by atoms with Gasteiger partial charge in [0, 0.05) is 5.92 Å². The molecule has 0 radical (unpaired) electrons. The molecule has 0 bridgehead atoms. The van der Waals surface area contributed by atoms with Crippen molar-refractivity contribution in [3.8, 4) is 33.8 Å². The SMILES string of the molecule is Oc1cccc(-c2ccc3c(c2)C2(C4=C(C=CC(c5cccc(O)c5)C4)c4ccccc42)c2ccccc2-3)c1. The first-order chi connectivity index (χ1) is 19.1. The summed E-state index contributed by atoms with van der Waals surface area (Å²) in [5.74, 6) is 0.749. The number of phenolic OH excluding ortho intramolecular Hbond substituents is 2. The summed E-state index contributed by atoms with van der Waals surface area (Å²) in [6, 6.07) is 39.7. The smallest absolute Gasteiger partial charge is 0.116 e. The van der Waals surface area contributed by atoms with Crippen LogP contribution in [0.4, 0.5) is 0 Å². The summed E-state index contributed by atoms with van der Waals surface area (Å²) in [7, 11) is 0. The highest BCUT2D eigenvalue weighted by atomic mass is 16.3. The monoisotopic (exact) mass is 502 g/mol. The molecule has 0 fully saturated rings. The van der Waals surface area contributed by atoms with E-state index < -0.39 is 5.41 Å². The topological polar surface area (TPSA) is 40.5 Å². The van der Waals surface area contributed by atoms with Gasteiger partial charge in [0.15, 0.2) is 0 Å². The highest BCUT2D eigenvalue weighted by Crippen LogP contribution is 2.64. The molecule has 0 aromatic heterocycles. The third kappa shape index (κ3) is 3.03. The highest BCUT2D eigenvalue weighted by molar-refractivity contribution is 5.98. The van der Waals surface area contributed by atoms with Crippen molar-refractivity contribution in [2.75, 3.05) is 0 Å². The highest BCUT2D eigenvalue weighted by Gasteiger charge is 2.53. The van der Waals surface area contributed by atoms with Crippen LogP contribution in [0.5, 0.6) is 11.5 Å². The molecule has 1 spiro atoms. The van der Waals surface area contributed by atoms with Gasteiger partial charge in [0.25, 0.3) is 0 Å². The molecule has 3 aliphatic carbocycles. The third-order valence-corrected chi connectivity index (χ3v) is 8.84. The first-order valence-corrected chi connectivity index (χ1v) is 13.5. The second-order valence-corrected chi connectivity index (χ2v) is 10.8. The van der Waals surface area contributed by atoms with Gasteiger partial charge in [-0.05, 0) is 98.0 Å². The second kappa shape index (κ2) is 8.09. The van der Waals surface area contributed by atoms with E-state index in [0.717, 1.165) is 23.1 Å². The van der Waals surface area contributed by atoms with Gasteiger partial charge in [0.2, 0.25) is 0 Å². The third-order valence-electron chi connectivity index (χ3n) is 8.84. The van der Waals surface area contributed by atoms with Gasteiger partial charge in [0.1, 0.15) is 11.5 Å². The van der Waals surface area contributed by atoms with Crippen LogP contribution in [-0.2, 0) is 5.41 Å². The molecule has 3 aliphatic rings. The molecule has 2 unspecified atom stereocenters. The van der Waals surface area contributed by atoms with E-state index in [-0.39, 0.29) is 11.7 Å². The van der Waals surface area contributed by atoms with Crippen LogP contribution in [0.15, 0.2) is 133 Å². The maximum atomic E-state index is 10.2. The molecule has 8 rings (SSSR count). The van der Waals surface area contributed by atoms with Crippen LogP contribution in [0.1, 0.15) is 40.2 Å². The lowest BCUT2D eigenvalue weighted by molar-refractivity contribution is 0.474. The van der Waals surface area contributed by atoms with Gasteiger partial charge in [-0.2, -0.15) is 0 Å². The Kier molecular flexibility index (Phi) is 4.60. The number of allylic oxidation sites excluding steroid dienone is 4. The lowest BCUT2D eigenvalue weighted by atomic mass is 9.66. The molecule has 2 heteroatoms. The fraction of sp³-hybridized carbons (Fsp3) is 0.0811. The van der Waals surface area contributed by atoms with E-state index in [0.29, 0.717) is 5.75 Å². The zero-order valence-electron chi connectivity index (χ0n) is 21.3. The maximum absolute atomic E-state index is 10.2. The minimum atomic E-state index is -0.398. The molecule has 2 nitrogen and oxygen atoms in total. The van der Waals surface area contributed by atoms with Crippen molar-refractivity contribution in [2.45, 2.75) is 17.8 Å². The fourth-order valence-electron chi connectivity index (χ4n) is 7.27. The van der Waals surface area contributed by atoms with Crippen molar-refractivity contribution in [3.05, 3.63) is 161 Å². The average molecular weight is 503 g/mol. The summed E-state index contributed by atoms with van der Waals surface area (Å²) in [6.45, 7) is 0. The standard InChI is InChI=1S/C37H26O2/c38-27-9-5-7-23(19-27)25-15-17-31-29-11-1-3-13-33(29)37(35(31)21-25)34-14-4-2-12-30(34)32-18-16-26(22-36(32)37)24-8-6-10-28(39)20-24/h1-21,26,38-39H,22H2. The molecule has 0 saturated heterocycles. The molecule has 0 aliphatic heterocycles. The molecule has 5 aromatic carbocycles. The van der Waals surface area contributed by atoms with Gasteiger partial charge >= 0.3 is 0 Å². The molecule has 39 heavy (non-hydrogen) atoms. The number of aromatic hydroxyl groups is 2. The van der Waals surface area contributed by atoms with Crippen molar-refractivity contribution >= 4 is 5.57 Å². The van der Waals surface area contributed by atoms with E-state index >= 15 is 0 Å². The molecule has 0 heterocycles. The summed E-state index contributed by atoms with van der Waals surface area (Å²) < 4.78 is 0. The molecule has 186 valence electrons. The number of hydrogen-bond acceptors (Lipinski definition) is 2. The lowest BCUT2D eigenvalue weighted by Crippen LogP contribution is -2.28. The summed E-state index contributed by atoms with van der Waals surface area (Å²) in [4.78, 5) is 0. The second-order valence-electron chi connectivity index (χ2n) is 10.8. The maximum Gasteiger partial charge on any atom is 0.116 e. The van der Waals surface area contributed by atoms with E-state index in [1.807, 2.05) is 24.3 Å². The number of phenols is 2. The van der Waals surface area contributed by atoms with Crippen LogP contribution >= 0.6 is 0 Å². The number of rotatable bonds is 2. The van der Waals surface area contributed by atoms with Crippen molar-refractivity contribution < 1.29 is 10.2 Å². The van der Waals surface area contributed by atoms with E-state index in [1.54, 1.807) is 12.1 Å². The molecule has 0 saturated carbocycles. The summed E-state index contributed by atoms with van der Waals surface area (Å²) in [5.41, 5.74) is 13.4. The van der Waals surface area contributed by atoms with E-state index in [2.05, 4.69) is 91.0 Å². The molecule has 2 atom stereocenters. The molecule has 0 amide bonds. The minimum absolute atomic E-state index is 0.174. The molecular formula is C37H26O2. The Morgan fingerprint density at radius 2 is 1.23 bits per heavy atom. The van der Waals surface area contributed by atoms with Gasteiger partial charge in [0.05, 0.1) is 5.41 Å². The van der Waals surface area contributed by atoms with Crippen LogP contribution < -0.4 is 0 Å². The van der Waals surface area contributed by atoms with Gasteiger partial charge in [-0.15, -0.1) is 0 Å². The minimum Gasteiger partial charge on any atom is -0.508 e. The Balaban J connectivity index is 1.41. The van der Waals surface area contributed by atoms with E-state index in [1.165, 1.54) is 44.5 Å². The Morgan fingerprint density at radius 1 is 0.564 bits per heavy atom. The molecule has 5 aromatic rings. The number of hydrogen-bond donors (Lipinski definition) is 2. The van der Waals surface area contributed by atoms with Crippen LogP contribution in [0, 0.1) is 0 Å². The Morgan fingerprint density at radius 3 is 2.03 bits per heavy atom. The summed E-state index contributed by atoms with van der Waals surface area (Å²) >= 11 is 0. The predicted molar refractivity (Wildman–Crippen MR) is 157 cm³/mol. The average Bonchev–Trinajstić information content (AvgIpc) is 3.44. The zero-order chi connectivity index (χ0) is 26.1. The predicted octanol–water partition coefficient (Wildman–Crippen LogP) is 8.59. The zero-order valence-corrected chi connectivity index (χ0v) is 21.3. The first kappa shape index (κ1) is 22.2. The first-order valence-electron chi connectivity index (χ1n) is 13.5. The summed E-state index contributed by atoms with van der Waals surface area (Å²) in [5, 5.41) is 20.5. The van der Waals surface area contributed by atoms with Crippen LogP contribution in [0.25, 0.3) is 27.8 Å². The fourth-order valence-corrected chi connectivity index (χ4v) is 7.27. The molecule has 2 N–H and O–H groups in total. The van der Waals surface area contributed by atoms with Crippen molar-refractivity contribution in [2.24, 2.45) is 0 Å². The quantitative estimate of drug-likeness (QED) is 0.254. The molecular weight excluding hydrogens is 476 g/mol. The van der Waals surface area contributed by atoms with Crippen LogP contribution in [0.2, 0.25) is 0 Å². The lowest BCUT2D eigenvalue weighted by Gasteiger charge is -2.35. The van der Waals surface area contributed by atoms with E-state index in [9.17, 15) is 10.2 Å². The van der Waals surface area contributed by atoms with Gasteiger partial charge in [-0.3, -0.25) is 0 Å². The summed E-state index contributed by atoms with van der Waals surface area (Å²) in [6.07, 6.45) is 5.48. The van der Waals surface area contributed by atoms with Gasteiger partial charge < -0.3 is 10.2 Å². The number of benzene rings is 5. The van der Waals surface area contributed by atoms with Crippen molar-refractivity contribution in [1.29, 1.82) is 0 Å². The normalized spacial score (nSPS) is 20.1. The van der Waals surface area contributed by atoms with Gasteiger partial charge in [-0.1, -0.05) is 97.1 Å². The van der Waals surface area contributed by atoms with Crippen LogP contribution in [-0.4, -0.2) is 10.2 Å². The van der Waals surface area contributed by atoms with Crippen LogP contribution in [0.3, 0.4) is 0 Å².